The summed E-state index contributed by atoms with van der Waals surface area (Å²) < 4.78 is 0. The van der Waals surface area contributed by atoms with E-state index in [1.54, 1.807) is 11.3 Å². The maximum Gasteiger partial charge on any atom is 0.125 e. The number of anilines is 1. The van der Waals surface area contributed by atoms with Crippen LogP contribution in [0, 0.1) is 6.92 Å². The smallest absolute Gasteiger partial charge is 0.125 e. The van der Waals surface area contributed by atoms with Gasteiger partial charge in [0.15, 0.2) is 0 Å². The molecule has 1 aromatic heterocycles. The van der Waals surface area contributed by atoms with Crippen molar-refractivity contribution in [1.29, 1.82) is 0 Å². The van der Waals surface area contributed by atoms with E-state index in [4.69, 9.17) is 4.98 Å². The fourth-order valence-corrected chi connectivity index (χ4v) is 3.54. The van der Waals surface area contributed by atoms with Crippen LogP contribution in [0.15, 0.2) is 62.2 Å². The first-order valence-corrected chi connectivity index (χ1v) is 8.16. The summed E-state index contributed by atoms with van der Waals surface area (Å²) in [6.45, 7) is 15.2. The van der Waals surface area contributed by atoms with Crippen molar-refractivity contribution in [2.45, 2.75) is 13.3 Å². The lowest BCUT2D eigenvalue weighted by molar-refractivity contribution is 0.950. The van der Waals surface area contributed by atoms with Crippen LogP contribution in [0.5, 0.6) is 0 Å². The highest BCUT2D eigenvalue weighted by Crippen LogP contribution is 2.36. The van der Waals surface area contributed by atoms with Gasteiger partial charge < -0.3 is 4.90 Å². The van der Waals surface area contributed by atoms with Gasteiger partial charge in [0, 0.05) is 25.1 Å². The first-order valence-electron chi connectivity index (χ1n) is 7.34. The van der Waals surface area contributed by atoms with Gasteiger partial charge in [-0.05, 0) is 12.5 Å². The first-order chi connectivity index (χ1) is 10.7. The second kappa shape index (κ2) is 7.76. The summed E-state index contributed by atoms with van der Waals surface area (Å²) in [4.78, 5) is 7.10. The summed E-state index contributed by atoms with van der Waals surface area (Å²) in [5.41, 5.74) is 3.51. The number of rotatable bonds is 8. The number of thiazole rings is 1. The highest BCUT2D eigenvalue weighted by atomic mass is 32.1. The highest BCUT2D eigenvalue weighted by molar-refractivity contribution is 7.19. The van der Waals surface area contributed by atoms with Crippen molar-refractivity contribution < 1.29 is 0 Å². The molecule has 0 atom stereocenters. The molecule has 0 unspecified atom stereocenters. The molecule has 0 bridgehead atoms. The SMILES string of the molecule is C=CCc1nc(-c2ccccc2C)sc1N(CC=C)CC=C. The zero-order chi connectivity index (χ0) is 15.9. The van der Waals surface area contributed by atoms with Crippen molar-refractivity contribution in [1.82, 2.24) is 4.98 Å². The van der Waals surface area contributed by atoms with Gasteiger partial charge in [-0.1, -0.05) is 53.8 Å². The summed E-state index contributed by atoms with van der Waals surface area (Å²) in [5.74, 6) is 0. The third kappa shape index (κ3) is 3.55. The van der Waals surface area contributed by atoms with Crippen LogP contribution in [0.2, 0.25) is 0 Å². The second-order valence-electron chi connectivity index (χ2n) is 5.06. The molecular weight excluding hydrogens is 288 g/mol. The molecule has 1 heterocycles. The number of aryl methyl sites for hydroxylation is 1. The van der Waals surface area contributed by atoms with E-state index in [1.165, 1.54) is 16.1 Å². The van der Waals surface area contributed by atoms with Crippen molar-refractivity contribution in [2.24, 2.45) is 0 Å². The quantitative estimate of drug-likeness (QED) is 0.636. The van der Waals surface area contributed by atoms with Gasteiger partial charge in [-0.15, -0.1) is 19.7 Å². The summed E-state index contributed by atoms with van der Waals surface area (Å²) in [7, 11) is 0. The molecule has 0 aliphatic heterocycles. The molecule has 2 aromatic rings. The van der Waals surface area contributed by atoms with Crippen molar-refractivity contribution in [2.75, 3.05) is 18.0 Å². The number of hydrogen-bond donors (Lipinski definition) is 0. The average Bonchev–Trinajstić information content (AvgIpc) is 2.91. The van der Waals surface area contributed by atoms with Crippen LogP contribution in [0.25, 0.3) is 10.6 Å². The lowest BCUT2D eigenvalue weighted by Crippen LogP contribution is -2.23. The van der Waals surface area contributed by atoms with E-state index in [-0.39, 0.29) is 0 Å². The van der Waals surface area contributed by atoms with Crippen molar-refractivity contribution in [3.05, 3.63) is 73.5 Å². The standard InChI is InChI=1S/C19H22N2S/c1-5-10-17-19(21(13-6-2)14-7-3)22-18(20-17)16-12-9-8-11-15(16)4/h5-9,11-12H,1-3,10,13-14H2,4H3. The fraction of sp³-hybridized carbons (Fsp3) is 0.211. The van der Waals surface area contributed by atoms with Gasteiger partial charge in [0.25, 0.3) is 0 Å². The van der Waals surface area contributed by atoms with E-state index in [9.17, 15) is 0 Å². The van der Waals surface area contributed by atoms with E-state index in [0.29, 0.717) is 0 Å². The Morgan fingerprint density at radius 1 is 1.09 bits per heavy atom. The molecule has 0 amide bonds. The summed E-state index contributed by atoms with van der Waals surface area (Å²) in [5, 5.41) is 2.24. The minimum Gasteiger partial charge on any atom is -0.354 e. The summed E-state index contributed by atoms with van der Waals surface area (Å²) in [6.07, 6.45) is 6.49. The number of nitrogens with zero attached hydrogens (tertiary/aromatic N) is 2. The fourth-order valence-electron chi connectivity index (χ4n) is 2.34. The zero-order valence-electron chi connectivity index (χ0n) is 13.1. The maximum absolute atomic E-state index is 4.85. The Balaban J connectivity index is 2.48. The van der Waals surface area contributed by atoms with Crippen LogP contribution in [0.4, 0.5) is 5.00 Å². The molecule has 0 radical (unpaired) electrons. The molecule has 22 heavy (non-hydrogen) atoms. The van der Waals surface area contributed by atoms with E-state index >= 15 is 0 Å². The van der Waals surface area contributed by atoms with Crippen LogP contribution >= 0.6 is 11.3 Å². The number of aromatic nitrogens is 1. The van der Waals surface area contributed by atoms with Gasteiger partial charge in [0.1, 0.15) is 10.0 Å². The maximum atomic E-state index is 4.85. The third-order valence-electron chi connectivity index (χ3n) is 3.38. The second-order valence-corrected chi connectivity index (χ2v) is 6.04. The molecular formula is C19H22N2S. The molecule has 114 valence electrons. The molecule has 1 aromatic carbocycles. The molecule has 0 saturated heterocycles. The van der Waals surface area contributed by atoms with E-state index < -0.39 is 0 Å². The third-order valence-corrected chi connectivity index (χ3v) is 4.57. The minimum absolute atomic E-state index is 0.766. The Morgan fingerprint density at radius 2 is 1.77 bits per heavy atom. The largest absolute Gasteiger partial charge is 0.354 e. The lowest BCUT2D eigenvalue weighted by Gasteiger charge is -2.20. The average molecular weight is 310 g/mol. The van der Waals surface area contributed by atoms with Crippen molar-refractivity contribution in [3.8, 4) is 10.6 Å². The van der Waals surface area contributed by atoms with Gasteiger partial charge in [0.05, 0.1) is 5.69 Å². The predicted octanol–water partition coefficient (Wildman–Crippen LogP) is 5.03. The molecule has 0 aliphatic carbocycles. The van der Waals surface area contributed by atoms with E-state index in [2.05, 4.69) is 55.8 Å². The van der Waals surface area contributed by atoms with Crippen LogP contribution in [0.1, 0.15) is 11.3 Å². The molecule has 0 N–H and O–H groups in total. The summed E-state index contributed by atoms with van der Waals surface area (Å²) >= 11 is 1.73. The molecule has 3 heteroatoms. The molecule has 0 fully saturated rings. The van der Waals surface area contributed by atoms with Gasteiger partial charge >= 0.3 is 0 Å². The molecule has 0 aliphatic rings. The Labute approximate surface area is 137 Å². The Morgan fingerprint density at radius 3 is 2.36 bits per heavy atom. The topological polar surface area (TPSA) is 16.1 Å². The van der Waals surface area contributed by atoms with Gasteiger partial charge in [-0.2, -0.15) is 0 Å². The molecule has 2 nitrogen and oxygen atoms in total. The first kappa shape index (κ1) is 16.2. The molecule has 0 spiro atoms. The Bertz CT molecular complexity index is 660. The van der Waals surface area contributed by atoms with Crippen LogP contribution in [0.3, 0.4) is 0 Å². The number of hydrogen-bond acceptors (Lipinski definition) is 3. The number of benzene rings is 1. The highest BCUT2D eigenvalue weighted by Gasteiger charge is 2.17. The zero-order valence-corrected chi connectivity index (χ0v) is 13.9. The minimum atomic E-state index is 0.766. The number of allylic oxidation sites excluding steroid dienone is 1. The van der Waals surface area contributed by atoms with Gasteiger partial charge in [0.2, 0.25) is 0 Å². The predicted molar refractivity (Wildman–Crippen MR) is 98.8 cm³/mol. The van der Waals surface area contributed by atoms with Crippen LogP contribution in [-0.2, 0) is 6.42 Å². The molecule has 0 saturated carbocycles. The normalized spacial score (nSPS) is 10.2. The molecule has 2 rings (SSSR count). The van der Waals surface area contributed by atoms with Gasteiger partial charge in [-0.3, -0.25) is 0 Å². The Kier molecular flexibility index (Phi) is 5.73. The van der Waals surface area contributed by atoms with Crippen LogP contribution < -0.4 is 4.90 Å². The van der Waals surface area contributed by atoms with Crippen molar-refractivity contribution >= 4 is 16.3 Å². The van der Waals surface area contributed by atoms with Crippen LogP contribution in [-0.4, -0.2) is 18.1 Å². The lowest BCUT2D eigenvalue weighted by atomic mass is 10.1. The Hall–Kier alpha value is -2.13. The monoisotopic (exact) mass is 310 g/mol. The van der Waals surface area contributed by atoms with Gasteiger partial charge in [-0.25, -0.2) is 4.98 Å². The van der Waals surface area contributed by atoms with E-state index in [1.807, 2.05) is 18.2 Å². The van der Waals surface area contributed by atoms with E-state index in [0.717, 1.165) is 30.2 Å². The van der Waals surface area contributed by atoms with Crippen molar-refractivity contribution in [3.63, 3.8) is 0 Å². The summed E-state index contributed by atoms with van der Waals surface area (Å²) in [6, 6.07) is 8.36.